The Bertz CT molecular complexity index is 936. The molecule has 1 amide bonds. The maximum Gasteiger partial charge on any atom is 0.228 e. The fourth-order valence-electron chi connectivity index (χ4n) is 3.74. The van der Waals surface area contributed by atoms with Crippen molar-refractivity contribution >= 4 is 69.4 Å². The summed E-state index contributed by atoms with van der Waals surface area (Å²) in [4.78, 5) is 18.6. The SMILES string of the molecule is CN(C)c1ccccc1N1CCCN(C(NC(=O)CCc2ccccc2)C(Cl)(Cl)Cl)C1=S. The van der Waals surface area contributed by atoms with Crippen LogP contribution in [0.3, 0.4) is 0 Å². The van der Waals surface area contributed by atoms with Crippen LogP contribution in [-0.4, -0.2) is 53.1 Å². The molecular weight excluding hydrogens is 487 g/mol. The third kappa shape index (κ3) is 6.19. The Morgan fingerprint density at radius 2 is 1.75 bits per heavy atom. The number of para-hydroxylation sites is 2. The number of anilines is 2. The Balaban J connectivity index is 1.77. The van der Waals surface area contributed by atoms with Crippen molar-refractivity contribution in [3.8, 4) is 0 Å². The number of alkyl halides is 3. The summed E-state index contributed by atoms with van der Waals surface area (Å²) in [5.74, 6) is -0.196. The molecular formula is C23H27Cl3N4OS. The first-order valence-corrected chi connectivity index (χ1v) is 12.0. The lowest BCUT2D eigenvalue weighted by Gasteiger charge is -2.45. The molecule has 3 rings (SSSR count). The summed E-state index contributed by atoms with van der Waals surface area (Å²) in [5.41, 5.74) is 3.09. The van der Waals surface area contributed by atoms with E-state index in [-0.39, 0.29) is 12.3 Å². The minimum absolute atomic E-state index is 0.196. The highest BCUT2D eigenvalue weighted by molar-refractivity contribution is 7.80. The molecule has 2 aromatic rings. The second-order valence-electron chi connectivity index (χ2n) is 7.86. The standard InChI is InChI=1S/C23H27Cl3N4OS/c1-28(2)18-11-6-7-12-19(18)29-15-8-16-30(22(29)32)21(23(24,25)26)27-20(31)14-13-17-9-4-3-5-10-17/h3-7,9-12,21H,8,13-16H2,1-2H3,(H,27,31). The molecule has 1 aliphatic heterocycles. The number of nitrogens with one attached hydrogen (secondary N) is 1. The monoisotopic (exact) mass is 512 g/mol. The van der Waals surface area contributed by atoms with Gasteiger partial charge in [0.2, 0.25) is 9.70 Å². The minimum Gasteiger partial charge on any atom is -0.376 e. The van der Waals surface area contributed by atoms with Crippen LogP contribution in [0, 0.1) is 0 Å². The second-order valence-corrected chi connectivity index (χ2v) is 10.6. The molecule has 1 unspecified atom stereocenters. The number of halogens is 3. The van der Waals surface area contributed by atoms with Gasteiger partial charge in [-0.25, -0.2) is 0 Å². The van der Waals surface area contributed by atoms with E-state index in [9.17, 15) is 4.79 Å². The minimum atomic E-state index is -1.75. The smallest absolute Gasteiger partial charge is 0.228 e. The molecule has 0 spiro atoms. The molecule has 1 atom stereocenters. The maximum absolute atomic E-state index is 12.7. The number of benzene rings is 2. The highest BCUT2D eigenvalue weighted by Gasteiger charge is 2.42. The number of hydrogen-bond acceptors (Lipinski definition) is 3. The van der Waals surface area contributed by atoms with Gasteiger partial charge in [-0.05, 0) is 42.8 Å². The molecule has 1 heterocycles. The molecule has 0 radical (unpaired) electrons. The summed E-state index contributed by atoms with van der Waals surface area (Å²) < 4.78 is -1.75. The summed E-state index contributed by atoms with van der Waals surface area (Å²) in [7, 11) is 3.97. The van der Waals surface area contributed by atoms with E-state index in [4.69, 9.17) is 47.0 Å². The van der Waals surface area contributed by atoms with Crippen LogP contribution in [0.15, 0.2) is 54.6 Å². The van der Waals surface area contributed by atoms with E-state index < -0.39 is 9.96 Å². The molecule has 5 nitrogen and oxygen atoms in total. The van der Waals surface area contributed by atoms with Gasteiger partial charge in [0.05, 0.1) is 11.4 Å². The molecule has 9 heteroatoms. The lowest BCUT2D eigenvalue weighted by atomic mass is 10.1. The van der Waals surface area contributed by atoms with Crippen LogP contribution in [0.4, 0.5) is 11.4 Å². The number of aryl methyl sites for hydroxylation is 1. The zero-order valence-corrected chi connectivity index (χ0v) is 21.2. The first kappa shape index (κ1) is 24.9. The average molecular weight is 514 g/mol. The van der Waals surface area contributed by atoms with Crippen LogP contribution in [-0.2, 0) is 11.2 Å². The van der Waals surface area contributed by atoms with Gasteiger partial charge < -0.3 is 20.0 Å². The molecule has 0 bridgehead atoms. The van der Waals surface area contributed by atoms with Crippen molar-refractivity contribution in [3.63, 3.8) is 0 Å². The van der Waals surface area contributed by atoms with Crippen molar-refractivity contribution in [3.05, 3.63) is 60.2 Å². The molecule has 0 saturated carbocycles. The summed E-state index contributed by atoms with van der Waals surface area (Å²) in [6.07, 6.45) is 0.817. The predicted molar refractivity (Wildman–Crippen MR) is 139 cm³/mol. The third-order valence-corrected chi connectivity index (χ3v) is 6.39. The number of rotatable bonds is 7. The van der Waals surface area contributed by atoms with E-state index in [2.05, 4.69) is 5.32 Å². The van der Waals surface area contributed by atoms with Gasteiger partial charge in [0.25, 0.3) is 0 Å². The van der Waals surface area contributed by atoms with Crippen LogP contribution in [0.5, 0.6) is 0 Å². The quantitative estimate of drug-likeness (QED) is 0.417. The Labute approximate surface area is 210 Å². The lowest BCUT2D eigenvalue weighted by molar-refractivity contribution is -0.122. The zero-order valence-electron chi connectivity index (χ0n) is 18.1. The molecule has 0 aliphatic carbocycles. The molecule has 32 heavy (non-hydrogen) atoms. The second kappa shape index (κ2) is 10.9. The van der Waals surface area contributed by atoms with Gasteiger partial charge in [-0.3, -0.25) is 4.79 Å². The van der Waals surface area contributed by atoms with Gasteiger partial charge in [0, 0.05) is 33.6 Å². The van der Waals surface area contributed by atoms with Crippen molar-refractivity contribution < 1.29 is 4.79 Å². The number of carbonyl (C=O) groups excluding carboxylic acids is 1. The highest BCUT2D eigenvalue weighted by Crippen LogP contribution is 2.36. The van der Waals surface area contributed by atoms with Gasteiger partial charge in [0.15, 0.2) is 11.3 Å². The molecule has 1 saturated heterocycles. The summed E-state index contributed by atoms with van der Waals surface area (Å²) in [6, 6.07) is 17.8. The van der Waals surface area contributed by atoms with Crippen LogP contribution in [0.25, 0.3) is 0 Å². The Kier molecular flexibility index (Phi) is 8.50. The highest BCUT2D eigenvalue weighted by atomic mass is 35.6. The van der Waals surface area contributed by atoms with Crippen molar-refractivity contribution in [2.75, 3.05) is 37.0 Å². The molecule has 172 valence electrons. The first-order chi connectivity index (χ1) is 15.2. The van der Waals surface area contributed by atoms with E-state index in [1.807, 2.05) is 78.5 Å². The van der Waals surface area contributed by atoms with Crippen molar-refractivity contribution in [1.82, 2.24) is 10.2 Å². The van der Waals surface area contributed by atoms with Gasteiger partial charge in [-0.1, -0.05) is 77.3 Å². The molecule has 1 fully saturated rings. The average Bonchev–Trinajstić information content (AvgIpc) is 2.76. The number of amides is 1. The third-order valence-electron chi connectivity index (χ3n) is 5.31. The van der Waals surface area contributed by atoms with Gasteiger partial charge >= 0.3 is 0 Å². The Morgan fingerprint density at radius 3 is 2.41 bits per heavy atom. The fourth-order valence-corrected chi connectivity index (χ4v) is 4.65. The molecule has 1 aliphatic rings. The Hall–Kier alpha value is -1.73. The lowest BCUT2D eigenvalue weighted by Crippen LogP contribution is -2.62. The van der Waals surface area contributed by atoms with E-state index in [0.29, 0.717) is 18.1 Å². The zero-order chi connectivity index (χ0) is 23.3. The summed E-state index contributed by atoms with van der Waals surface area (Å²) >= 11 is 24.8. The first-order valence-electron chi connectivity index (χ1n) is 10.4. The van der Waals surface area contributed by atoms with Crippen LogP contribution in [0.2, 0.25) is 0 Å². The van der Waals surface area contributed by atoms with Crippen molar-refractivity contribution in [2.24, 2.45) is 0 Å². The Morgan fingerprint density at radius 1 is 1.09 bits per heavy atom. The number of nitrogens with zero attached hydrogens (tertiary/aromatic N) is 3. The number of thiocarbonyl (C=S) groups is 1. The van der Waals surface area contributed by atoms with Crippen LogP contribution in [0.1, 0.15) is 18.4 Å². The van der Waals surface area contributed by atoms with Gasteiger partial charge in [-0.15, -0.1) is 0 Å². The molecule has 0 aromatic heterocycles. The van der Waals surface area contributed by atoms with Gasteiger partial charge in [0.1, 0.15) is 0 Å². The molecule has 1 N–H and O–H groups in total. The fraction of sp³-hybridized carbons (Fsp3) is 0.391. The summed E-state index contributed by atoms with van der Waals surface area (Å²) in [6.45, 7) is 1.33. The topological polar surface area (TPSA) is 38.8 Å². The predicted octanol–water partition coefficient (Wildman–Crippen LogP) is 4.99. The number of carbonyl (C=O) groups is 1. The van der Waals surface area contributed by atoms with Crippen molar-refractivity contribution in [1.29, 1.82) is 0 Å². The molecule has 2 aromatic carbocycles. The van der Waals surface area contributed by atoms with Crippen LogP contribution < -0.4 is 15.1 Å². The van der Waals surface area contributed by atoms with Gasteiger partial charge in [-0.2, -0.15) is 0 Å². The van der Waals surface area contributed by atoms with Crippen molar-refractivity contribution in [2.45, 2.75) is 29.2 Å². The van der Waals surface area contributed by atoms with E-state index in [0.717, 1.165) is 29.9 Å². The number of hydrogen-bond donors (Lipinski definition) is 1. The largest absolute Gasteiger partial charge is 0.376 e. The van der Waals surface area contributed by atoms with E-state index in [1.165, 1.54) is 0 Å². The maximum atomic E-state index is 12.7. The van der Waals surface area contributed by atoms with Crippen LogP contribution >= 0.6 is 47.0 Å². The normalized spacial score (nSPS) is 15.5. The van der Waals surface area contributed by atoms with E-state index >= 15 is 0 Å². The summed E-state index contributed by atoms with van der Waals surface area (Å²) in [5, 5.41) is 3.42. The van der Waals surface area contributed by atoms with E-state index in [1.54, 1.807) is 4.90 Å².